The molecule has 3 rings (SSSR count). The lowest BCUT2D eigenvalue weighted by molar-refractivity contribution is -0.133. The number of hydrogen-bond acceptors (Lipinski definition) is 5. The molecule has 8 nitrogen and oxygen atoms in total. The van der Waals surface area contributed by atoms with Crippen molar-refractivity contribution in [2.45, 2.75) is 19.4 Å². The molecule has 2 aromatic rings. The summed E-state index contributed by atoms with van der Waals surface area (Å²) in [5.41, 5.74) is 1.35. The van der Waals surface area contributed by atoms with E-state index in [1.54, 1.807) is 35.1 Å². The van der Waals surface area contributed by atoms with E-state index in [0.29, 0.717) is 43.2 Å². The van der Waals surface area contributed by atoms with Gasteiger partial charge in [0.05, 0.1) is 32.2 Å². The number of piperazine rings is 1. The molecule has 1 aliphatic rings. The van der Waals surface area contributed by atoms with Crippen LogP contribution in [0.4, 0.5) is 0 Å². The Kier molecular flexibility index (Phi) is 7.70. The molecule has 1 unspecified atom stereocenters. The Balaban J connectivity index is 1.61. The van der Waals surface area contributed by atoms with Crippen LogP contribution >= 0.6 is 0 Å². The molecule has 1 saturated heterocycles. The van der Waals surface area contributed by atoms with Gasteiger partial charge in [0.1, 0.15) is 11.5 Å². The van der Waals surface area contributed by atoms with Crippen molar-refractivity contribution >= 4 is 17.7 Å². The lowest BCUT2D eigenvalue weighted by Gasteiger charge is -2.35. The highest BCUT2D eigenvalue weighted by molar-refractivity contribution is 5.97. The van der Waals surface area contributed by atoms with Crippen LogP contribution in [0.1, 0.15) is 35.3 Å². The standard InChI is InChI=1S/C24H29N3O5/c1-17(28)25-21(18-7-5-4-6-8-18)16-23(29)26-11-13-27(14-12-26)24(30)20-10-9-19(31-2)15-22(20)32-3/h4-10,15,21H,11-14,16H2,1-3H3,(H,25,28). The Morgan fingerprint density at radius 3 is 2.19 bits per heavy atom. The molecule has 1 N–H and O–H groups in total. The second kappa shape index (κ2) is 10.7. The van der Waals surface area contributed by atoms with Crippen LogP contribution in [0.15, 0.2) is 48.5 Å². The molecular weight excluding hydrogens is 410 g/mol. The fourth-order valence-electron chi connectivity index (χ4n) is 3.79. The van der Waals surface area contributed by atoms with Crippen molar-refractivity contribution < 1.29 is 23.9 Å². The molecular formula is C24H29N3O5. The van der Waals surface area contributed by atoms with Gasteiger partial charge >= 0.3 is 0 Å². The Morgan fingerprint density at radius 1 is 0.938 bits per heavy atom. The van der Waals surface area contributed by atoms with Crippen molar-refractivity contribution in [3.8, 4) is 11.5 Å². The normalized spacial score (nSPS) is 14.5. The zero-order chi connectivity index (χ0) is 23.1. The number of ether oxygens (including phenoxy) is 2. The number of amides is 3. The number of nitrogens with zero attached hydrogens (tertiary/aromatic N) is 2. The molecule has 2 aromatic carbocycles. The highest BCUT2D eigenvalue weighted by Gasteiger charge is 2.28. The molecule has 0 aliphatic carbocycles. The van der Waals surface area contributed by atoms with Gasteiger partial charge in [-0.2, -0.15) is 0 Å². The largest absolute Gasteiger partial charge is 0.497 e. The number of hydrogen-bond donors (Lipinski definition) is 1. The summed E-state index contributed by atoms with van der Waals surface area (Å²) in [6.45, 7) is 3.17. The number of rotatable bonds is 7. The van der Waals surface area contributed by atoms with Crippen LogP contribution in [-0.4, -0.2) is 67.9 Å². The van der Waals surface area contributed by atoms with Crippen LogP contribution in [0, 0.1) is 0 Å². The summed E-state index contributed by atoms with van der Waals surface area (Å²) in [6.07, 6.45) is 0.170. The van der Waals surface area contributed by atoms with Crippen molar-refractivity contribution in [2.75, 3.05) is 40.4 Å². The van der Waals surface area contributed by atoms with E-state index >= 15 is 0 Å². The summed E-state index contributed by atoms with van der Waals surface area (Å²) in [5.74, 6) is 0.684. The number of nitrogens with one attached hydrogen (secondary N) is 1. The van der Waals surface area contributed by atoms with E-state index in [0.717, 1.165) is 5.56 Å². The van der Waals surface area contributed by atoms with Gasteiger partial charge in [-0.15, -0.1) is 0 Å². The Bertz CT molecular complexity index is 955. The summed E-state index contributed by atoms with van der Waals surface area (Å²) in [4.78, 5) is 41.0. The second-order valence-corrected chi connectivity index (χ2v) is 7.61. The molecule has 0 aromatic heterocycles. The molecule has 170 valence electrons. The topological polar surface area (TPSA) is 88.2 Å². The fourth-order valence-corrected chi connectivity index (χ4v) is 3.79. The first kappa shape index (κ1) is 23.1. The van der Waals surface area contributed by atoms with Gasteiger partial charge in [0.25, 0.3) is 5.91 Å². The highest BCUT2D eigenvalue weighted by Crippen LogP contribution is 2.26. The predicted molar refractivity (Wildman–Crippen MR) is 120 cm³/mol. The summed E-state index contributed by atoms with van der Waals surface area (Å²) in [5, 5.41) is 2.86. The van der Waals surface area contributed by atoms with Gasteiger partial charge in [-0.25, -0.2) is 0 Å². The minimum Gasteiger partial charge on any atom is -0.497 e. The van der Waals surface area contributed by atoms with E-state index in [4.69, 9.17) is 9.47 Å². The average Bonchev–Trinajstić information content (AvgIpc) is 2.83. The molecule has 32 heavy (non-hydrogen) atoms. The lowest BCUT2D eigenvalue weighted by atomic mass is 10.0. The van der Waals surface area contributed by atoms with Gasteiger partial charge in [-0.05, 0) is 17.7 Å². The van der Waals surface area contributed by atoms with Crippen molar-refractivity contribution in [2.24, 2.45) is 0 Å². The van der Waals surface area contributed by atoms with Gasteiger partial charge in [0, 0.05) is 39.2 Å². The van der Waals surface area contributed by atoms with Crippen LogP contribution in [0.25, 0.3) is 0 Å². The molecule has 0 saturated carbocycles. The maximum atomic E-state index is 13.0. The zero-order valence-corrected chi connectivity index (χ0v) is 18.7. The number of carbonyl (C=O) groups is 3. The Hall–Kier alpha value is -3.55. The third-order valence-corrected chi connectivity index (χ3v) is 5.52. The monoisotopic (exact) mass is 439 g/mol. The average molecular weight is 440 g/mol. The number of methoxy groups -OCH3 is 2. The van der Waals surface area contributed by atoms with Crippen LogP contribution in [-0.2, 0) is 9.59 Å². The maximum absolute atomic E-state index is 13.0. The van der Waals surface area contributed by atoms with E-state index in [1.807, 2.05) is 30.3 Å². The van der Waals surface area contributed by atoms with Gasteiger partial charge in [-0.3, -0.25) is 14.4 Å². The molecule has 1 fully saturated rings. The van der Waals surface area contributed by atoms with Crippen molar-refractivity contribution in [3.63, 3.8) is 0 Å². The minimum absolute atomic E-state index is 0.0540. The van der Waals surface area contributed by atoms with E-state index in [9.17, 15) is 14.4 Å². The molecule has 0 spiro atoms. The molecule has 3 amide bonds. The Morgan fingerprint density at radius 2 is 1.59 bits per heavy atom. The first-order valence-electron chi connectivity index (χ1n) is 10.5. The quantitative estimate of drug-likeness (QED) is 0.715. The summed E-state index contributed by atoms with van der Waals surface area (Å²) in [7, 11) is 3.07. The summed E-state index contributed by atoms with van der Waals surface area (Å²) >= 11 is 0. The molecule has 8 heteroatoms. The van der Waals surface area contributed by atoms with Gasteiger partial charge < -0.3 is 24.6 Å². The van der Waals surface area contributed by atoms with Crippen molar-refractivity contribution in [1.29, 1.82) is 0 Å². The highest BCUT2D eigenvalue weighted by atomic mass is 16.5. The molecule has 0 bridgehead atoms. The SMILES string of the molecule is COc1ccc(C(=O)N2CCN(C(=O)CC(NC(C)=O)c3ccccc3)CC2)c(OC)c1. The van der Waals surface area contributed by atoms with Gasteiger partial charge in [0.15, 0.2) is 0 Å². The van der Waals surface area contributed by atoms with E-state index in [2.05, 4.69) is 5.32 Å². The third-order valence-electron chi connectivity index (χ3n) is 5.52. The smallest absolute Gasteiger partial charge is 0.257 e. The minimum atomic E-state index is -0.385. The lowest BCUT2D eigenvalue weighted by Crippen LogP contribution is -2.51. The first-order valence-corrected chi connectivity index (χ1v) is 10.5. The maximum Gasteiger partial charge on any atom is 0.257 e. The second-order valence-electron chi connectivity index (χ2n) is 7.61. The Labute approximate surface area is 188 Å². The van der Waals surface area contributed by atoms with E-state index < -0.39 is 0 Å². The van der Waals surface area contributed by atoms with Crippen molar-refractivity contribution in [1.82, 2.24) is 15.1 Å². The predicted octanol–water partition coefficient (Wildman–Crippen LogP) is 2.26. The summed E-state index contributed by atoms with van der Waals surface area (Å²) in [6, 6.07) is 14.2. The molecule has 1 aliphatic heterocycles. The number of carbonyl (C=O) groups excluding carboxylic acids is 3. The number of benzene rings is 2. The van der Waals surface area contributed by atoms with Gasteiger partial charge in [0.2, 0.25) is 11.8 Å². The van der Waals surface area contributed by atoms with Crippen LogP contribution in [0.3, 0.4) is 0 Å². The molecule has 1 atom stereocenters. The van der Waals surface area contributed by atoms with Crippen LogP contribution in [0.2, 0.25) is 0 Å². The van der Waals surface area contributed by atoms with Crippen molar-refractivity contribution in [3.05, 3.63) is 59.7 Å². The first-order chi connectivity index (χ1) is 15.4. The third kappa shape index (κ3) is 5.57. The fraction of sp³-hybridized carbons (Fsp3) is 0.375. The van der Waals surface area contributed by atoms with E-state index in [-0.39, 0.29) is 30.2 Å². The van der Waals surface area contributed by atoms with E-state index in [1.165, 1.54) is 14.0 Å². The van der Waals surface area contributed by atoms with Crippen LogP contribution in [0.5, 0.6) is 11.5 Å². The van der Waals surface area contributed by atoms with Crippen LogP contribution < -0.4 is 14.8 Å². The molecule has 1 heterocycles. The summed E-state index contributed by atoms with van der Waals surface area (Å²) < 4.78 is 10.5. The zero-order valence-electron chi connectivity index (χ0n) is 18.7. The molecule has 0 radical (unpaired) electrons. The van der Waals surface area contributed by atoms with Gasteiger partial charge in [-0.1, -0.05) is 30.3 Å².